The van der Waals surface area contributed by atoms with Crippen LogP contribution in [0.2, 0.25) is 0 Å². The number of carbonyl (C=O) groups is 1. The van der Waals surface area contributed by atoms with Gasteiger partial charge in [0.15, 0.2) is 0 Å². The molecule has 116 valence electrons. The van der Waals surface area contributed by atoms with E-state index in [1.54, 1.807) is 28.7 Å². The molecule has 2 aromatic heterocycles. The van der Waals surface area contributed by atoms with Crippen LogP contribution in [0.3, 0.4) is 0 Å². The van der Waals surface area contributed by atoms with Crippen LogP contribution in [-0.2, 0) is 11.3 Å². The summed E-state index contributed by atoms with van der Waals surface area (Å²) in [6.07, 6.45) is 3.57. The van der Waals surface area contributed by atoms with Gasteiger partial charge in [-0.05, 0) is 35.4 Å². The van der Waals surface area contributed by atoms with Crippen LogP contribution in [0.15, 0.2) is 28.3 Å². The Bertz CT molecular complexity index is 640. The molecule has 0 saturated carbocycles. The second-order valence-corrected chi connectivity index (χ2v) is 7.19. The topological polar surface area (TPSA) is 36.4 Å². The van der Waals surface area contributed by atoms with Crippen LogP contribution in [0, 0.1) is 6.92 Å². The molecular weight excluding hydrogens is 314 g/mol. The quantitative estimate of drug-likeness (QED) is 0.807. The highest BCUT2D eigenvalue weighted by atomic mass is 32.1. The van der Waals surface area contributed by atoms with Gasteiger partial charge in [-0.15, -0.1) is 11.3 Å². The van der Waals surface area contributed by atoms with Gasteiger partial charge in [-0.25, -0.2) is 4.98 Å². The zero-order valence-corrected chi connectivity index (χ0v) is 14.2. The van der Waals surface area contributed by atoms with Crippen LogP contribution in [0.5, 0.6) is 0 Å². The average Bonchev–Trinajstić information content (AvgIpc) is 3.17. The fraction of sp³-hybridized carbons (Fsp3) is 0.375. The molecule has 0 N–H and O–H groups in total. The summed E-state index contributed by atoms with van der Waals surface area (Å²) >= 11 is 3.33. The first-order chi connectivity index (χ1) is 10.7. The van der Waals surface area contributed by atoms with Gasteiger partial charge < -0.3 is 4.90 Å². The Hall–Kier alpha value is -1.50. The molecule has 0 spiro atoms. The van der Waals surface area contributed by atoms with Crippen molar-refractivity contribution in [2.45, 2.75) is 13.5 Å². The van der Waals surface area contributed by atoms with Crippen LogP contribution in [-0.4, -0.2) is 46.9 Å². The van der Waals surface area contributed by atoms with Crippen LogP contribution < -0.4 is 0 Å². The summed E-state index contributed by atoms with van der Waals surface area (Å²) in [5.74, 6) is 0.107. The Labute approximate surface area is 138 Å². The fourth-order valence-corrected chi connectivity index (χ4v) is 3.71. The number of carbonyl (C=O) groups excluding carboxylic acids is 1. The Balaban J connectivity index is 1.47. The molecule has 0 aliphatic carbocycles. The highest BCUT2D eigenvalue weighted by Gasteiger charge is 2.20. The zero-order valence-electron chi connectivity index (χ0n) is 12.6. The number of rotatable bonds is 4. The molecule has 1 saturated heterocycles. The van der Waals surface area contributed by atoms with E-state index in [1.807, 2.05) is 34.7 Å². The maximum Gasteiger partial charge on any atom is 0.246 e. The lowest BCUT2D eigenvalue weighted by atomic mass is 10.2. The molecule has 0 radical (unpaired) electrons. The van der Waals surface area contributed by atoms with Crippen molar-refractivity contribution in [2.75, 3.05) is 26.2 Å². The van der Waals surface area contributed by atoms with Crippen molar-refractivity contribution in [1.82, 2.24) is 14.8 Å². The molecule has 0 aromatic carbocycles. The number of piperazine rings is 1. The number of hydrogen-bond donors (Lipinski definition) is 0. The molecule has 4 nitrogen and oxygen atoms in total. The van der Waals surface area contributed by atoms with E-state index in [9.17, 15) is 4.79 Å². The van der Waals surface area contributed by atoms with Gasteiger partial charge >= 0.3 is 0 Å². The Kier molecular flexibility index (Phi) is 5.02. The Morgan fingerprint density at radius 2 is 2.14 bits per heavy atom. The number of aryl methyl sites for hydroxylation is 1. The number of thiophene rings is 1. The standard InChI is InChI=1S/C16H19N3OS2/c1-13-17-15(12-22-13)10-18-5-7-19(8-6-18)16(20)3-2-14-4-9-21-11-14/h2-4,9,11-12H,5-8,10H2,1H3/b3-2-. The van der Waals surface area contributed by atoms with Crippen molar-refractivity contribution in [2.24, 2.45) is 0 Å². The minimum atomic E-state index is 0.107. The van der Waals surface area contributed by atoms with E-state index in [4.69, 9.17) is 0 Å². The smallest absolute Gasteiger partial charge is 0.246 e. The van der Waals surface area contributed by atoms with E-state index in [1.165, 1.54) is 0 Å². The molecule has 0 unspecified atom stereocenters. The first-order valence-electron chi connectivity index (χ1n) is 7.33. The lowest BCUT2D eigenvalue weighted by Crippen LogP contribution is -2.47. The van der Waals surface area contributed by atoms with Crippen LogP contribution in [0.4, 0.5) is 0 Å². The van der Waals surface area contributed by atoms with Crippen LogP contribution in [0.1, 0.15) is 16.3 Å². The highest BCUT2D eigenvalue weighted by Crippen LogP contribution is 2.13. The van der Waals surface area contributed by atoms with Crippen LogP contribution in [0.25, 0.3) is 6.08 Å². The van der Waals surface area contributed by atoms with Crippen molar-refractivity contribution in [3.05, 3.63) is 44.5 Å². The summed E-state index contributed by atoms with van der Waals surface area (Å²) < 4.78 is 0. The third kappa shape index (κ3) is 4.03. The van der Waals surface area contributed by atoms with Crippen molar-refractivity contribution < 1.29 is 4.79 Å². The largest absolute Gasteiger partial charge is 0.337 e. The lowest BCUT2D eigenvalue weighted by Gasteiger charge is -2.33. The predicted molar refractivity (Wildman–Crippen MR) is 92.1 cm³/mol. The summed E-state index contributed by atoms with van der Waals surface area (Å²) in [6, 6.07) is 2.02. The first-order valence-corrected chi connectivity index (χ1v) is 9.15. The maximum atomic E-state index is 12.2. The summed E-state index contributed by atoms with van der Waals surface area (Å²) in [6.45, 7) is 6.32. The predicted octanol–water partition coefficient (Wildman–Crippen LogP) is 2.87. The molecule has 0 atom stereocenters. The van der Waals surface area contributed by atoms with E-state index in [0.29, 0.717) is 0 Å². The third-order valence-electron chi connectivity index (χ3n) is 3.70. The molecule has 1 aliphatic heterocycles. The van der Waals surface area contributed by atoms with Crippen molar-refractivity contribution in [3.63, 3.8) is 0 Å². The molecule has 22 heavy (non-hydrogen) atoms. The number of thiazole rings is 1. The lowest BCUT2D eigenvalue weighted by molar-refractivity contribution is -0.127. The molecule has 3 rings (SSSR count). The minimum absolute atomic E-state index is 0.107. The molecule has 1 aliphatic rings. The normalized spacial score (nSPS) is 16.5. The minimum Gasteiger partial charge on any atom is -0.337 e. The Morgan fingerprint density at radius 1 is 1.32 bits per heavy atom. The number of amides is 1. The third-order valence-corrected chi connectivity index (χ3v) is 5.22. The molecule has 0 bridgehead atoms. The van der Waals surface area contributed by atoms with Gasteiger partial charge in [0.1, 0.15) is 0 Å². The summed E-state index contributed by atoms with van der Waals surface area (Å²) in [5, 5.41) is 7.29. The second kappa shape index (κ2) is 7.17. The van der Waals surface area contributed by atoms with Gasteiger partial charge in [-0.2, -0.15) is 11.3 Å². The van der Waals surface area contributed by atoms with E-state index >= 15 is 0 Å². The van der Waals surface area contributed by atoms with E-state index in [-0.39, 0.29) is 5.91 Å². The zero-order chi connectivity index (χ0) is 15.4. The van der Waals surface area contributed by atoms with E-state index in [2.05, 4.69) is 15.3 Å². The Morgan fingerprint density at radius 3 is 2.77 bits per heavy atom. The molecular formula is C16H19N3OS2. The van der Waals surface area contributed by atoms with Crippen molar-refractivity contribution in [3.8, 4) is 0 Å². The maximum absolute atomic E-state index is 12.2. The SMILES string of the molecule is Cc1nc(CN2CCN(C(=O)/C=C\c3ccsc3)CC2)cs1. The molecule has 2 aromatic rings. The second-order valence-electron chi connectivity index (χ2n) is 5.35. The van der Waals surface area contributed by atoms with E-state index < -0.39 is 0 Å². The number of hydrogen-bond acceptors (Lipinski definition) is 5. The van der Waals surface area contributed by atoms with Crippen molar-refractivity contribution >= 4 is 34.7 Å². The molecule has 1 fully saturated rings. The fourth-order valence-electron chi connectivity index (χ4n) is 2.48. The van der Waals surface area contributed by atoms with Gasteiger partial charge in [0, 0.05) is 44.2 Å². The van der Waals surface area contributed by atoms with Gasteiger partial charge in [0.2, 0.25) is 5.91 Å². The monoisotopic (exact) mass is 333 g/mol. The van der Waals surface area contributed by atoms with Gasteiger partial charge in [-0.3, -0.25) is 9.69 Å². The number of aromatic nitrogens is 1. The number of nitrogens with zero attached hydrogens (tertiary/aromatic N) is 3. The molecule has 3 heterocycles. The highest BCUT2D eigenvalue weighted by molar-refractivity contribution is 7.09. The summed E-state index contributed by atoms with van der Waals surface area (Å²) in [5.41, 5.74) is 2.23. The van der Waals surface area contributed by atoms with E-state index in [0.717, 1.165) is 49.0 Å². The molecule has 1 amide bonds. The van der Waals surface area contributed by atoms with Gasteiger partial charge in [0.25, 0.3) is 0 Å². The van der Waals surface area contributed by atoms with Crippen molar-refractivity contribution in [1.29, 1.82) is 0 Å². The summed E-state index contributed by atoms with van der Waals surface area (Å²) in [4.78, 5) is 21.0. The summed E-state index contributed by atoms with van der Waals surface area (Å²) in [7, 11) is 0. The first kappa shape index (κ1) is 15.4. The van der Waals surface area contributed by atoms with Crippen LogP contribution >= 0.6 is 22.7 Å². The average molecular weight is 333 g/mol. The van der Waals surface area contributed by atoms with Gasteiger partial charge in [0.05, 0.1) is 10.7 Å². The van der Waals surface area contributed by atoms with Gasteiger partial charge in [-0.1, -0.05) is 0 Å². The molecule has 6 heteroatoms.